The number of rotatable bonds is 4. The Kier molecular flexibility index (Phi) is 4.02. The molecule has 0 bridgehead atoms. The number of hydrogen-bond donors (Lipinski definition) is 1. The van der Waals surface area contributed by atoms with E-state index in [2.05, 4.69) is 21.3 Å². The summed E-state index contributed by atoms with van der Waals surface area (Å²) in [5.74, 6) is 0.244. The third kappa shape index (κ3) is 2.87. The highest BCUT2D eigenvalue weighted by Crippen LogP contribution is 2.39. The molecule has 0 amide bonds. The summed E-state index contributed by atoms with van der Waals surface area (Å²) >= 11 is 5.87. The van der Waals surface area contributed by atoms with E-state index in [0.717, 1.165) is 29.9 Å². The SMILES string of the molecule is COc1cc2ncc(C#N)c(Nc3ccc(F)c(Cl)c3)c2cc1N1CC1. The lowest BCUT2D eigenvalue weighted by molar-refractivity contribution is 0.416. The fraction of sp³-hybridized carbons (Fsp3) is 0.158. The first kappa shape index (κ1) is 16.4. The number of hydrogen-bond acceptors (Lipinski definition) is 5. The zero-order valence-corrected chi connectivity index (χ0v) is 14.6. The molecule has 5 nitrogen and oxygen atoms in total. The molecule has 4 rings (SSSR count). The van der Waals surface area contributed by atoms with Gasteiger partial charge in [0.25, 0.3) is 0 Å². The van der Waals surface area contributed by atoms with Gasteiger partial charge in [-0.15, -0.1) is 0 Å². The van der Waals surface area contributed by atoms with E-state index >= 15 is 0 Å². The lowest BCUT2D eigenvalue weighted by atomic mass is 10.1. The van der Waals surface area contributed by atoms with Crippen LogP contribution in [-0.2, 0) is 0 Å². The predicted octanol–water partition coefficient (Wildman–Crippen LogP) is 4.47. The van der Waals surface area contributed by atoms with Gasteiger partial charge in [0.2, 0.25) is 0 Å². The van der Waals surface area contributed by atoms with Crippen molar-refractivity contribution in [2.45, 2.75) is 0 Å². The van der Waals surface area contributed by atoms with E-state index in [9.17, 15) is 9.65 Å². The normalized spacial score (nSPS) is 12.8. The number of nitriles is 1. The van der Waals surface area contributed by atoms with E-state index in [1.54, 1.807) is 13.2 Å². The standard InChI is InChI=1S/C19H14ClFN4O/c1-26-18-8-16-13(7-17(18)25-4-5-25)19(11(9-22)10-23-16)24-12-2-3-15(21)14(20)6-12/h2-3,6-8,10H,4-5H2,1H3,(H,23,24). The second-order valence-electron chi connectivity index (χ2n) is 5.94. The Bertz CT molecular complexity index is 1060. The van der Waals surface area contributed by atoms with Crippen molar-refractivity contribution in [1.29, 1.82) is 5.26 Å². The number of nitrogens with zero attached hydrogens (tertiary/aromatic N) is 3. The van der Waals surface area contributed by atoms with Crippen LogP contribution in [0.3, 0.4) is 0 Å². The minimum absolute atomic E-state index is 0.0123. The maximum atomic E-state index is 13.4. The third-order valence-corrected chi connectivity index (χ3v) is 4.56. The van der Waals surface area contributed by atoms with E-state index in [1.165, 1.54) is 18.3 Å². The Morgan fingerprint density at radius 1 is 1.31 bits per heavy atom. The summed E-state index contributed by atoms with van der Waals surface area (Å²) in [4.78, 5) is 6.53. The van der Waals surface area contributed by atoms with Crippen LogP contribution >= 0.6 is 11.6 Å². The fourth-order valence-electron chi connectivity index (χ4n) is 2.85. The van der Waals surface area contributed by atoms with E-state index in [4.69, 9.17) is 16.3 Å². The maximum Gasteiger partial charge on any atom is 0.144 e. The van der Waals surface area contributed by atoms with E-state index in [0.29, 0.717) is 22.5 Å². The quantitative estimate of drug-likeness (QED) is 0.688. The first-order valence-electron chi connectivity index (χ1n) is 7.98. The molecule has 0 aliphatic carbocycles. The Labute approximate surface area is 154 Å². The fourth-order valence-corrected chi connectivity index (χ4v) is 3.03. The summed E-state index contributed by atoms with van der Waals surface area (Å²) in [5.41, 5.74) is 3.23. The minimum Gasteiger partial charge on any atom is -0.495 e. The Morgan fingerprint density at radius 3 is 2.77 bits per heavy atom. The minimum atomic E-state index is -0.495. The zero-order chi connectivity index (χ0) is 18.3. The van der Waals surface area contributed by atoms with Gasteiger partial charge in [0.05, 0.1) is 34.6 Å². The van der Waals surface area contributed by atoms with Gasteiger partial charge in [0.1, 0.15) is 17.6 Å². The van der Waals surface area contributed by atoms with Gasteiger partial charge in [-0.05, 0) is 24.3 Å². The van der Waals surface area contributed by atoms with E-state index in [1.807, 2.05) is 12.1 Å². The highest BCUT2D eigenvalue weighted by Gasteiger charge is 2.23. The summed E-state index contributed by atoms with van der Waals surface area (Å²) < 4.78 is 18.9. The molecule has 26 heavy (non-hydrogen) atoms. The molecule has 3 aromatic rings. The summed E-state index contributed by atoms with van der Waals surface area (Å²) in [6.45, 7) is 1.92. The van der Waals surface area contributed by atoms with Crippen LogP contribution in [-0.4, -0.2) is 25.2 Å². The molecule has 1 aromatic heterocycles. The number of pyridine rings is 1. The van der Waals surface area contributed by atoms with Crippen molar-refractivity contribution in [3.63, 3.8) is 0 Å². The van der Waals surface area contributed by atoms with Crippen molar-refractivity contribution >= 4 is 39.6 Å². The van der Waals surface area contributed by atoms with Crippen molar-refractivity contribution in [1.82, 2.24) is 4.98 Å². The lowest BCUT2D eigenvalue weighted by Crippen LogP contribution is -2.00. The van der Waals surface area contributed by atoms with Crippen molar-refractivity contribution in [2.24, 2.45) is 0 Å². The predicted molar refractivity (Wildman–Crippen MR) is 99.9 cm³/mol. The maximum absolute atomic E-state index is 13.4. The highest BCUT2D eigenvalue weighted by atomic mass is 35.5. The van der Waals surface area contributed by atoms with E-state index in [-0.39, 0.29) is 5.02 Å². The van der Waals surface area contributed by atoms with Crippen molar-refractivity contribution in [2.75, 3.05) is 30.4 Å². The van der Waals surface area contributed by atoms with Crippen LogP contribution in [0.4, 0.5) is 21.5 Å². The van der Waals surface area contributed by atoms with E-state index < -0.39 is 5.82 Å². The molecular weight excluding hydrogens is 355 g/mol. The first-order chi connectivity index (χ1) is 12.6. The van der Waals surface area contributed by atoms with Crippen LogP contribution in [0, 0.1) is 17.1 Å². The molecule has 1 aliphatic heterocycles. The number of aromatic nitrogens is 1. The van der Waals surface area contributed by atoms with Crippen molar-refractivity contribution in [3.05, 3.63) is 52.9 Å². The average molecular weight is 369 g/mol. The largest absolute Gasteiger partial charge is 0.495 e. The van der Waals surface area contributed by atoms with Crippen LogP contribution in [0.5, 0.6) is 5.75 Å². The zero-order valence-electron chi connectivity index (χ0n) is 13.9. The van der Waals surface area contributed by atoms with Gasteiger partial charge in [-0.2, -0.15) is 5.26 Å². The molecule has 2 heterocycles. The summed E-state index contributed by atoms with van der Waals surface area (Å²) in [5, 5.41) is 13.5. The summed E-state index contributed by atoms with van der Waals surface area (Å²) in [6.07, 6.45) is 1.51. The van der Waals surface area contributed by atoms with Gasteiger partial charge in [-0.1, -0.05) is 11.6 Å². The molecule has 0 unspecified atom stereocenters. The van der Waals surface area contributed by atoms with Gasteiger partial charge in [0.15, 0.2) is 0 Å². The van der Waals surface area contributed by atoms with Crippen LogP contribution in [0.2, 0.25) is 5.02 Å². The monoisotopic (exact) mass is 368 g/mol. The second-order valence-corrected chi connectivity index (χ2v) is 6.35. The number of halogens is 2. The third-order valence-electron chi connectivity index (χ3n) is 4.27. The first-order valence-corrected chi connectivity index (χ1v) is 8.36. The number of methoxy groups -OCH3 is 1. The van der Waals surface area contributed by atoms with Gasteiger partial charge in [-0.25, -0.2) is 4.39 Å². The number of anilines is 3. The van der Waals surface area contributed by atoms with Crippen LogP contribution in [0.15, 0.2) is 36.5 Å². The van der Waals surface area contributed by atoms with Crippen LogP contribution in [0.1, 0.15) is 5.56 Å². The number of benzene rings is 2. The second kappa shape index (κ2) is 6.36. The molecule has 0 spiro atoms. The molecule has 7 heteroatoms. The molecule has 0 radical (unpaired) electrons. The number of fused-ring (bicyclic) bond motifs is 1. The molecule has 2 aromatic carbocycles. The lowest BCUT2D eigenvalue weighted by Gasteiger charge is -2.15. The molecule has 1 fully saturated rings. The van der Waals surface area contributed by atoms with Gasteiger partial charge >= 0.3 is 0 Å². The number of nitrogens with one attached hydrogen (secondary N) is 1. The molecule has 0 saturated carbocycles. The molecule has 1 aliphatic rings. The van der Waals surface area contributed by atoms with Crippen LogP contribution < -0.4 is 15.0 Å². The van der Waals surface area contributed by atoms with Gasteiger partial charge in [0, 0.05) is 36.4 Å². The molecule has 130 valence electrons. The molecule has 1 N–H and O–H groups in total. The Balaban J connectivity index is 1.89. The van der Waals surface area contributed by atoms with Crippen molar-refractivity contribution in [3.8, 4) is 11.8 Å². The highest BCUT2D eigenvalue weighted by molar-refractivity contribution is 6.31. The molecular formula is C19H14ClFN4O. The molecule has 0 atom stereocenters. The van der Waals surface area contributed by atoms with Crippen LogP contribution in [0.25, 0.3) is 10.9 Å². The molecule has 1 saturated heterocycles. The van der Waals surface area contributed by atoms with Gasteiger partial charge in [-0.3, -0.25) is 4.98 Å². The Hall–Kier alpha value is -3.04. The van der Waals surface area contributed by atoms with Gasteiger partial charge < -0.3 is 15.0 Å². The smallest absolute Gasteiger partial charge is 0.144 e. The summed E-state index contributed by atoms with van der Waals surface area (Å²) in [7, 11) is 1.62. The average Bonchev–Trinajstić information content (AvgIpc) is 3.49. The summed E-state index contributed by atoms with van der Waals surface area (Å²) in [6, 6.07) is 10.3. The Morgan fingerprint density at radius 2 is 2.12 bits per heavy atom. The topological polar surface area (TPSA) is 60.9 Å². The number of ether oxygens (including phenoxy) is 1. The van der Waals surface area contributed by atoms with Crippen molar-refractivity contribution < 1.29 is 9.13 Å².